The Labute approximate surface area is 110 Å². The van der Waals surface area contributed by atoms with E-state index in [2.05, 4.69) is 0 Å². The molecule has 102 valence electrons. The van der Waals surface area contributed by atoms with E-state index in [0.717, 1.165) is 0 Å². The van der Waals surface area contributed by atoms with E-state index in [0.29, 0.717) is 5.75 Å². The molecule has 6 nitrogen and oxygen atoms in total. The van der Waals surface area contributed by atoms with Crippen molar-refractivity contribution in [3.05, 3.63) is 28.3 Å². The molecule has 19 heavy (non-hydrogen) atoms. The third kappa shape index (κ3) is 2.25. The quantitative estimate of drug-likeness (QED) is 0.616. The third-order valence-electron chi connectivity index (χ3n) is 3.53. The Morgan fingerprint density at radius 1 is 1.42 bits per heavy atom. The van der Waals surface area contributed by atoms with Crippen molar-refractivity contribution < 1.29 is 19.2 Å². The molecule has 0 N–H and O–H groups in total. The maximum atomic E-state index is 11.5. The van der Waals surface area contributed by atoms with Gasteiger partial charge in [0.05, 0.1) is 17.4 Å². The number of benzene rings is 1. The molecular formula is C13H15NO5. The summed E-state index contributed by atoms with van der Waals surface area (Å²) in [6.45, 7) is 3.55. The van der Waals surface area contributed by atoms with Gasteiger partial charge >= 0.3 is 5.69 Å². The first-order valence-corrected chi connectivity index (χ1v) is 5.88. The maximum Gasteiger partial charge on any atom is 0.311 e. The van der Waals surface area contributed by atoms with Crippen molar-refractivity contribution in [2.75, 3.05) is 7.11 Å². The van der Waals surface area contributed by atoms with Crippen molar-refractivity contribution in [2.24, 2.45) is 5.41 Å². The van der Waals surface area contributed by atoms with Crippen molar-refractivity contribution >= 4 is 11.5 Å². The lowest BCUT2D eigenvalue weighted by molar-refractivity contribution is -0.386. The van der Waals surface area contributed by atoms with Crippen LogP contribution < -0.4 is 9.47 Å². The van der Waals surface area contributed by atoms with Gasteiger partial charge < -0.3 is 9.47 Å². The fourth-order valence-electron chi connectivity index (χ4n) is 1.94. The van der Waals surface area contributed by atoms with Crippen LogP contribution in [0, 0.1) is 15.5 Å². The Bertz CT molecular complexity index is 538. The number of nitro groups is 1. The minimum absolute atomic E-state index is 0.100. The average Bonchev–Trinajstić information content (AvgIpc) is 2.38. The van der Waals surface area contributed by atoms with E-state index in [-0.39, 0.29) is 29.7 Å². The van der Waals surface area contributed by atoms with Crippen LogP contribution in [0.4, 0.5) is 5.69 Å². The lowest BCUT2D eigenvalue weighted by Gasteiger charge is -2.41. The number of nitro benzene ring substituents is 1. The summed E-state index contributed by atoms with van der Waals surface area (Å²) in [6, 6.07) is 4.31. The summed E-state index contributed by atoms with van der Waals surface area (Å²) in [5.74, 6) is 0.710. The van der Waals surface area contributed by atoms with Gasteiger partial charge in [-0.15, -0.1) is 0 Å². The molecular weight excluding hydrogens is 250 g/mol. The lowest BCUT2D eigenvalue weighted by atomic mass is 9.68. The smallest absolute Gasteiger partial charge is 0.311 e. The maximum absolute atomic E-state index is 11.5. The number of hydrogen-bond donors (Lipinski definition) is 0. The van der Waals surface area contributed by atoms with Crippen LogP contribution >= 0.6 is 0 Å². The van der Waals surface area contributed by atoms with Crippen LogP contribution in [0.2, 0.25) is 0 Å². The summed E-state index contributed by atoms with van der Waals surface area (Å²) in [5, 5.41) is 11.0. The first-order valence-electron chi connectivity index (χ1n) is 5.88. The second-order valence-corrected chi connectivity index (χ2v) is 5.05. The van der Waals surface area contributed by atoms with Crippen LogP contribution in [0.3, 0.4) is 0 Å². The number of carbonyl (C=O) groups is 1. The third-order valence-corrected chi connectivity index (χ3v) is 3.53. The summed E-state index contributed by atoms with van der Waals surface area (Å²) < 4.78 is 10.7. The number of hydrogen-bond acceptors (Lipinski definition) is 5. The molecule has 1 atom stereocenters. The molecule has 0 radical (unpaired) electrons. The predicted octanol–water partition coefficient (Wildman–Crippen LogP) is 2.35. The molecule has 0 saturated heterocycles. The summed E-state index contributed by atoms with van der Waals surface area (Å²) in [4.78, 5) is 21.9. The normalized spacial score (nSPS) is 20.6. The number of nitrogens with zero attached hydrogens (tertiary/aromatic N) is 1. The summed E-state index contributed by atoms with van der Waals surface area (Å²) >= 11 is 0. The van der Waals surface area contributed by atoms with Crippen molar-refractivity contribution in [2.45, 2.75) is 26.4 Å². The molecule has 0 aliphatic heterocycles. The lowest BCUT2D eigenvalue weighted by Crippen LogP contribution is -2.53. The number of ketones is 1. The van der Waals surface area contributed by atoms with Gasteiger partial charge in [0.15, 0.2) is 0 Å². The number of ether oxygens (including phenoxy) is 2. The monoisotopic (exact) mass is 265 g/mol. The highest BCUT2D eigenvalue weighted by Crippen LogP contribution is 2.42. The molecule has 0 spiro atoms. The van der Waals surface area contributed by atoms with Crippen LogP contribution in [0.15, 0.2) is 18.2 Å². The van der Waals surface area contributed by atoms with Gasteiger partial charge in [0.2, 0.25) is 5.75 Å². The average molecular weight is 265 g/mol. The van der Waals surface area contributed by atoms with E-state index < -0.39 is 10.3 Å². The Balaban J connectivity index is 2.28. The van der Waals surface area contributed by atoms with Crippen LogP contribution in [0.25, 0.3) is 0 Å². The van der Waals surface area contributed by atoms with Crippen LogP contribution in [-0.2, 0) is 4.79 Å². The Kier molecular flexibility index (Phi) is 3.18. The number of carbonyl (C=O) groups excluding carboxylic acids is 1. The van der Waals surface area contributed by atoms with E-state index >= 15 is 0 Å². The van der Waals surface area contributed by atoms with Crippen LogP contribution in [0.1, 0.15) is 20.3 Å². The standard InChI is InChI=1S/C13H15NO5/c1-13(2)11(15)7-12(13)19-10-6-8(18-3)4-5-9(10)14(16)17/h4-6,12H,7H2,1-3H3. The zero-order chi connectivity index (χ0) is 14.2. The molecule has 1 saturated carbocycles. The molecule has 1 aliphatic rings. The molecule has 1 unspecified atom stereocenters. The van der Waals surface area contributed by atoms with Crippen molar-refractivity contribution in [3.63, 3.8) is 0 Å². The zero-order valence-corrected chi connectivity index (χ0v) is 11.0. The van der Waals surface area contributed by atoms with E-state index in [1.807, 2.05) is 0 Å². The molecule has 6 heteroatoms. The number of rotatable bonds is 4. The van der Waals surface area contributed by atoms with Gasteiger partial charge in [-0.25, -0.2) is 0 Å². The highest BCUT2D eigenvalue weighted by molar-refractivity contribution is 5.91. The fraction of sp³-hybridized carbons (Fsp3) is 0.462. The van der Waals surface area contributed by atoms with Gasteiger partial charge in [-0.3, -0.25) is 14.9 Å². The molecule has 0 amide bonds. The largest absolute Gasteiger partial charge is 0.497 e. The van der Waals surface area contributed by atoms with Crippen molar-refractivity contribution in [1.29, 1.82) is 0 Å². The van der Waals surface area contributed by atoms with E-state index in [1.165, 1.54) is 25.3 Å². The molecule has 0 aromatic heterocycles. The van der Waals surface area contributed by atoms with E-state index in [1.54, 1.807) is 13.8 Å². The Hall–Kier alpha value is -2.11. The summed E-state index contributed by atoms with van der Waals surface area (Å²) in [7, 11) is 1.47. The van der Waals surface area contributed by atoms with E-state index in [9.17, 15) is 14.9 Å². The fourth-order valence-corrected chi connectivity index (χ4v) is 1.94. The van der Waals surface area contributed by atoms with Crippen molar-refractivity contribution in [3.8, 4) is 11.5 Å². The molecule has 1 aromatic rings. The van der Waals surface area contributed by atoms with Crippen molar-refractivity contribution in [1.82, 2.24) is 0 Å². The first kappa shape index (κ1) is 13.3. The highest BCUT2D eigenvalue weighted by atomic mass is 16.6. The number of methoxy groups -OCH3 is 1. The van der Waals surface area contributed by atoms with Gasteiger partial charge in [-0.05, 0) is 19.9 Å². The SMILES string of the molecule is COc1ccc([N+](=O)[O-])c(OC2CC(=O)C2(C)C)c1. The van der Waals surface area contributed by atoms with Gasteiger partial charge in [0, 0.05) is 18.6 Å². The molecule has 2 rings (SSSR count). The van der Waals surface area contributed by atoms with E-state index in [4.69, 9.17) is 9.47 Å². The molecule has 1 aliphatic carbocycles. The predicted molar refractivity (Wildman–Crippen MR) is 67.5 cm³/mol. The second kappa shape index (κ2) is 4.53. The zero-order valence-electron chi connectivity index (χ0n) is 11.0. The summed E-state index contributed by atoms with van der Waals surface area (Å²) in [6.07, 6.45) is -0.0627. The first-order chi connectivity index (χ1) is 8.86. The highest BCUT2D eigenvalue weighted by Gasteiger charge is 2.49. The number of Topliss-reactive ketones (excluding diaryl/α,β-unsaturated/α-hetero) is 1. The van der Waals surface area contributed by atoms with Gasteiger partial charge in [0.25, 0.3) is 0 Å². The topological polar surface area (TPSA) is 78.7 Å². The van der Waals surface area contributed by atoms with Crippen LogP contribution in [0.5, 0.6) is 11.5 Å². The molecule has 0 heterocycles. The minimum atomic E-state index is -0.600. The molecule has 1 fully saturated rings. The van der Waals surface area contributed by atoms with Gasteiger partial charge in [-0.2, -0.15) is 0 Å². The molecule has 1 aromatic carbocycles. The second-order valence-electron chi connectivity index (χ2n) is 5.05. The van der Waals surface area contributed by atoms with Gasteiger partial charge in [0.1, 0.15) is 17.6 Å². The Morgan fingerprint density at radius 3 is 2.58 bits per heavy atom. The van der Waals surface area contributed by atoms with Crippen LogP contribution in [-0.4, -0.2) is 23.9 Å². The minimum Gasteiger partial charge on any atom is -0.497 e. The summed E-state index contributed by atoms with van der Waals surface area (Å²) in [5.41, 5.74) is -0.729. The van der Waals surface area contributed by atoms with Gasteiger partial charge in [-0.1, -0.05) is 0 Å². The Morgan fingerprint density at radius 2 is 2.11 bits per heavy atom. The molecule has 0 bridgehead atoms.